The lowest BCUT2D eigenvalue weighted by molar-refractivity contribution is -0.146. The van der Waals surface area contributed by atoms with Crippen molar-refractivity contribution in [1.29, 1.82) is 0 Å². The molecule has 1 N–H and O–H groups in total. The molecule has 8 heteroatoms. The van der Waals surface area contributed by atoms with Gasteiger partial charge in [0, 0.05) is 25.2 Å². The number of ether oxygens (including phenoxy) is 1. The van der Waals surface area contributed by atoms with Crippen molar-refractivity contribution >= 4 is 11.9 Å². The van der Waals surface area contributed by atoms with Gasteiger partial charge in [0.2, 0.25) is 5.91 Å². The number of amides is 1. The van der Waals surface area contributed by atoms with Crippen LogP contribution in [0, 0.1) is 11.8 Å². The number of carbonyl (C=O) groups excluding carboxylic acids is 2. The maximum Gasteiger partial charge on any atom is 0.310 e. The van der Waals surface area contributed by atoms with Gasteiger partial charge in [-0.1, -0.05) is 6.92 Å². The molecule has 2 unspecified atom stereocenters. The molecule has 21 heavy (non-hydrogen) atoms. The quantitative estimate of drug-likeness (QED) is 0.706. The van der Waals surface area contributed by atoms with Gasteiger partial charge >= 0.3 is 5.97 Å². The Bertz CT molecular complexity index is 662. The van der Waals surface area contributed by atoms with E-state index in [0.29, 0.717) is 6.54 Å². The summed E-state index contributed by atoms with van der Waals surface area (Å²) in [5, 5.41) is 2.30. The highest BCUT2D eigenvalue weighted by atomic mass is 16.5. The van der Waals surface area contributed by atoms with E-state index < -0.39 is 11.1 Å². The molecule has 0 bridgehead atoms. The number of rotatable bonds is 3. The van der Waals surface area contributed by atoms with Gasteiger partial charge in [-0.15, -0.1) is 0 Å². The molecule has 0 radical (unpaired) electrons. The number of nitrogens with one attached hydrogen (secondary N) is 1. The molecular formula is C13H17N3O5. The predicted molar refractivity (Wildman–Crippen MR) is 72.6 cm³/mol. The van der Waals surface area contributed by atoms with Crippen LogP contribution in [-0.2, 0) is 20.9 Å². The minimum absolute atomic E-state index is 0.00653. The minimum atomic E-state index is -0.459. The van der Waals surface area contributed by atoms with Gasteiger partial charge in [0.25, 0.3) is 11.1 Å². The van der Waals surface area contributed by atoms with Gasteiger partial charge in [-0.05, 0) is 5.92 Å². The summed E-state index contributed by atoms with van der Waals surface area (Å²) in [7, 11) is 1.31. The van der Waals surface area contributed by atoms with Crippen LogP contribution < -0.4 is 11.1 Å². The molecule has 1 saturated heterocycles. The van der Waals surface area contributed by atoms with Crippen molar-refractivity contribution in [3.8, 4) is 0 Å². The normalized spacial score (nSPS) is 21.3. The van der Waals surface area contributed by atoms with Crippen molar-refractivity contribution in [3.05, 3.63) is 32.8 Å². The number of carbonyl (C=O) groups is 2. The van der Waals surface area contributed by atoms with Crippen LogP contribution in [0.25, 0.3) is 0 Å². The van der Waals surface area contributed by atoms with Gasteiger partial charge < -0.3 is 9.64 Å². The van der Waals surface area contributed by atoms with E-state index in [1.54, 1.807) is 0 Å². The summed E-state index contributed by atoms with van der Waals surface area (Å²) >= 11 is 0. The zero-order chi connectivity index (χ0) is 15.6. The van der Waals surface area contributed by atoms with E-state index in [9.17, 15) is 19.2 Å². The summed E-state index contributed by atoms with van der Waals surface area (Å²) in [6, 6.07) is 2.21. The Balaban J connectivity index is 2.08. The molecule has 2 rings (SSSR count). The molecule has 1 aromatic heterocycles. The Morgan fingerprint density at radius 1 is 1.33 bits per heavy atom. The van der Waals surface area contributed by atoms with Crippen LogP contribution in [0.4, 0.5) is 0 Å². The highest BCUT2D eigenvalue weighted by Gasteiger charge is 2.37. The Morgan fingerprint density at radius 2 is 2.05 bits per heavy atom. The van der Waals surface area contributed by atoms with Crippen LogP contribution in [0.2, 0.25) is 0 Å². The number of hydrogen-bond donors (Lipinski definition) is 1. The summed E-state index contributed by atoms with van der Waals surface area (Å²) in [6.07, 6.45) is 0. The first kappa shape index (κ1) is 15.0. The first-order valence-corrected chi connectivity index (χ1v) is 6.58. The first-order valence-electron chi connectivity index (χ1n) is 6.58. The Hall–Kier alpha value is -2.38. The number of aromatic amines is 1. The van der Waals surface area contributed by atoms with Crippen molar-refractivity contribution in [2.75, 3.05) is 20.2 Å². The van der Waals surface area contributed by atoms with Crippen molar-refractivity contribution < 1.29 is 14.3 Å². The van der Waals surface area contributed by atoms with E-state index in [-0.39, 0.29) is 36.8 Å². The predicted octanol–water partition coefficient (Wildman–Crippen LogP) is -1.20. The Labute approximate surface area is 120 Å². The Morgan fingerprint density at radius 3 is 2.71 bits per heavy atom. The van der Waals surface area contributed by atoms with Crippen LogP contribution >= 0.6 is 0 Å². The second kappa shape index (κ2) is 5.94. The third kappa shape index (κ3) is 3.21. The summed E-state index contributed by atoms with van der Waals surface area (Å²) in [5.41, 5.74) is -0.913. The molecule has 1 aliphatic rings. The third-order valence-corrected chi connectivity index (χ3v) is 3.65. The number of H-pyrrole nitrogens is 1. The minimum Gasteiger partial charge on any atom is -0.469 e. The fourth-order valence-electron chi connectivity index (χ4n) is 2.44. The lowest BCUT2D eigenvalue weighted by Crippen LogP contribution is -2.38. The lowest BCUT2D eigenvalue weighted by atomic mass is 9.99. The molecule has 0 aromatic carbocycles. The molecule has 0 saturated carbocycles. The van der Waals surface area contributed by atoms with Gasteiger partial charge in [-0.3, -0.25) is 24.3 Å². The van der Waals surface area contributed by atoms with E-state index in [4.69, 9.17) is 4.74 Å². The van der Waals surface area contributed by atoms with Gasteiger partial charge in [0.1, 0.15) is 6.54 Å². The molecule has 1 aliphatic heterocycles. The fraction of sp³-hybridized carbons (Fsp3) is 0.538. The zero-order valence-electron chi connectivity index (χ0n) is 11.9. The van der Waals surface area contributed by atoms with Crippen LogP contribution in [0.3, 0.4) is 0 Å². The Kier molecular flexibility index (Phi) is 4.25. The molecule has 0 spiro atoms. The lowest BCUT2D eigenvalue weighted by Gasteiger charge is -2.16. The van der Waals surface area contributed by atoms with E-state index >= 15 is 0 Å². The van der Waals surface area contributed by atoms with Crippen molar-refractivity contribution in [2.45, 2.75) is 13.5 Å². The average Bonchev–Trinajstić information content (AvgIpc) is 2.84. The molecule has 1 aromatic rings. The van der Waals surface area contributed by atoms with Gasteiger partial charge in [0.05, 0.1) is 13.0 Å². The van der Waals surface area contributed by atoms with E-state index in [0.717, 1.165) is 16.8 Å². The molecule has 114 valence electrons. The molecular weight excluding hydrogens is 278 g/mol. The molecule has 2 heterocycles. The van der Waals surface area contributed by atoms with Crippen LogP contribution in [0.1, 0.15) is 6.92 Å². The standard InChI is InChI=1S/C13H17N3O5/c1-8-5-15(6-9(8)13(20)21-2)12(19)7-16-11(18)4-3-10(17)14-16/h3-4,8-9H,5-7H2,1-2H3,(H,14,17). The van der Waals surface area contributed by atoms with E-state index in [1.807, 2.05) is 6.92 Å². The van der Waals surface area contributed by atoms with Crippen molar-refractivity contribution in [1.82, 2.24) is 14.7 Å². The smallest absolute Gasteiger partial charge is 0.310 e. The maximum atomic E-state index is 12.2. The van der Waals surface area contributed by atoms with Gasteiger partial charge in [-0.25, -0.2) is 4.68 Å². The topological polar surface area (TPSA) is 101 Å². The van der Waals surface area contributed by atoms with E-state index in [2.05, 4.69) is 5.10 Å². The number of methoxy groups -OCH3 is 1. The van der Waals surface area contributed by atoms with Crippen LogP contribution in [0.5, 0.6) is 0 Å². The number of esters is 1. The zero-order valence-corrected chi connectivity index (χ0v) is 11.9. The first-order chi connectivity index (χ1) is 9.92. The van der Waals surface area contributed by atoms with Crippen LogP contribution in [-0.4, -0.2) is 46.8 Å². The summed E-state index contributed by atoms with van der Waals surface area (Å²) in [6.45, 7) is 2.30. The summed E-state index contributed by atoms with van der Waals surface area (Å²) in [5.74, 6) is -1.03. The van der Waals surface area contributed by atoms with Gasteiger partial charge in [0.15, 0.2) is 0 Å². The van der Waals surface area contributed by atoms with Crippen molar-refractivity contribution in [2.24, 2.45) is 11.8 Å². The molecule has 2 atom stereocenters. The monoisotopic (exact) mass is 295 g/mol. The number of hydrogen-bond acceptors (Lipinski definition) is 5. The summed E-state index contributed by atoms with van der Waals surface area (Å²) in [4.78, 5) is 48.0. The van der Waals surface area contributed by atoms with E-state index in [1.165, 1.54) is 12.0 Å². The molecule has 8 nitrogen and oxygen atoms in total. The van der Waals surface area contributed by atoms with Crippen LogP contribution in [0.15, 0.2) is 21.7 Å². The highest BCUT2D eigenvalue weighted by molar-refractivity contribution is 5.79. The number of aromatic nitrogens is 2. The maximum absolute atomic E-state index is 12.2. The van der Waals surface area contributed by atoms with Crippen molar-refractivity contribution in [3.63, 3.8) is 0 Å². The average molecular weight is 295 g/mol. The SMILES string of the molecule is COC(=O)C1CN(C(=O)Cn2[nH]c(=O)ccc2=O)CC1C. The largest absolute Gasteiger partial charge is 0.469 e. The number of nitrogens with zero attached hydrogens (tertiary/aromatic N) is 2. The van der Waals surface area contributed by atoms with Gasteiger partial charge in [-0.2, -0.15) is 0 Å². The third-order valence-electron chi connectivity index (χ3n) is 3.65. The fourth-order valence-corrected chi connectivity index (χ4v) is 2.44. The highest BCUT2D eigenvalue weighted by Crippen LogP contribution is 2.24. The second-order valence-corrected chi connectivity index (χ2v) is 5.14. The summed E-state index contributed by atoms with van der Waals surface area (Å²) < 4.78 is 5.67. The molecule has 1 amide bonds. The molecule has 0 aliphatic carbocycles. The molecule has 1 fully saturated rings. The number of likely N-dealkylation sites (tertiary alicyclic amines) is 1. The second-order valence-electron chi connectivity index (χ2n) is 5.14.